The summed E-state index contributed by atoms with van der Waals surface area (Å²) in [6.07, 6.45) is 0.533. The fourth-order valence-corrected chi connectivity index (χ4v) is 3.06. The molecule has 1 atom stereocenters. The van der Waals surface area contributed by atoms with E-state index >= 15 is 0 Å². The van der Waals surface area contributed by atoms with Gasteiger partial charge in [-0.25, -0.2) is 0 Å². The Bertz CT molecular complexity index is 780. The van der Waals surface area contributed by atoms with Gasteiger partial charge >= 0.3 is 6.61 Å². The number of carbonyl (C=O) groups is 2. The van der Waals surface area contributed by atoms with Crippen molar-refractivity contribution in [3.05, 3.63) is 35.7 Å². The number of amides is 1. The molecule has 7 nitrogen and oxygen atoms in total. The molecule has 2 aromatic rings. The number of halogens is 2. The summed E-state index contributed by atoms with van der Waals surface area (Å²) in [6, 6.07) is 5.51. The number of nitrogens with zero attached hydrogens (tertiary/aromatic N) is 3. The molecule has 140 valence electrons. The molecule has 0 unspecified atom stereocenters. The van der Waals surface area contributed by atoms with E-state index in [2.05, 4.69) is 14.9 Å². The van der Waals surface area contributed by atoms with Crippen LogP contribution in [0.4, 0.5) is 8.78 Å². The number of alkyl halides is 2. The lowest BCUT2D eigenvalue weighted by atomic mass is 10.1. The lowest BCUT2D eigenvalue weighted by Gasteiger charge is -2.11. The number of ketones is 1. The highest BCUT2D eigenvalue weighted by atomic mass is 32.2. The molecule has 0 aliphatic rings. The number of aromatic nitrogens is 3. The molecular weight excluding hydrogens is 366 g/mol. The topological polar surface area (TPSA) is 100 Å². The molecule has 1 aromatic heterocycles. The Balaban J connectivity index is 2.01. The number of primary amides is 1. The standard InChI is InChI=1S/C16H18F2N4O3S/c1-9(14(24)10-3-5-11(6-4-10)25-15(17)18)26-16-21-20-13(22(16)2)8-7-12(19)23/h3-6,9,15H,7-8H2,1-2H3,(H2,19,23)/t9-/m1/s1. The Kier molecular flexibility index (Phi) is 6.67. The number of hydrogen-bond donors (Lipinski definition) is 1. The summed E-state index contributed by atoms with van der Waals surface area (Å²) < 4.78 is 30.3. The monoisotopic (exact) mass is 384 g/mol. The van der Waals surface area contributed by atoms with Crippen molar-refractivity contribution in [3.8, 4) is 5.75 Å². The van der Waals surface area contributed by atoms with Crippen LogP contribution < -0.4 is 10.5 Å². The van der Waals surface area contributed by atoms with Crippen LogP contribution in [0.1, 0.15) is 29.5 Å². The number of carbonyl (C=O) groups excluding carboxylic acids is 2. The third-order valence-corrected chi connectivity index (χ3v) is 4.67. The molecule has 0 aliphatic heterocycles. The second-order valence-electron chi connectivity index (χ2n) is 5.45. The summed E-state index contributed by atoms with van der Waals surface area (Å²) in [7, 11) is 1.74. The minimum absolute atomic E-state index is 0.00995. The summed E-state index contributed by atoms with van der Waals surface area (Å²) in [5.74, 6) is -0.0194. The molecule has 2 rings (SSSR count). The summed E-state index contributed by atoms with van der Waals surface area (Å²) in [5.41, 5.74) is 5.50. The smallest absolute Gasteiger partial charge is 0.387 e. The molecule has 1 heterocycles. The van der Waals surface area contributed by atoms with Gasteiger partial charge in [-0.2, -0.15) is 8.78 Å². The van der Waals surface area contributed by atoms with Crippen LogP contribution in [0.2, 0.25) is 0 Å². The number of benzene rings is 1. The fourth-order valence-electron chi connectivity index (χ4n) is 2.15. The van der Waals surface area contributed by atoms with Crippen LogP contribution in [-0.4, -0.2) is 38.3 Å². The van der Waals surface area contributed by atoms with Crippen LogP contribution in [0, 0.1) is 0 Å². The molecular formula is C16H18F2N4O3S. The third kappa shape index (κ3) is 5.25. The molecule has 26 heavy (non-hydrogen) atoms. The first-order valence-corrected chi connectivity index (χ1v) is 8.58. The van der Waals surface area contributed by atoms with E-state index in [0.717, 1.165) is 0 Å². The maximum absolute atomic E-state index is 12.5. The lowest BCUT2D eigenvalue weighted by molar-refractivity contribution is -0.118. The highest BCUT2D eigenvalue weighted by Crippen LogP contribution is 2.25. The van der Waals surface area contributed by atoms with Gasteiger partial charge in [0.25, 0.3) is 0 Å². The molecule has 0 radical (unpaired) electrons. The van der Waals surface area contributed by atoms with E-state index in [0.29, 0.717) is 23.0 Å². The zero-order valence-corrected chi connectivity index (χ0v) is 15.0. The van der Waals surface area contributed by atoms with Gasteiger partial charge in [-0.15, -0.1) is 10.2 Å². The van der Waals surface area contributed by atoms with Crippen LogP contribution in [-0.2, 0) is 18.3 Å². The Labute approximate surface area is 152 Å². The first-order chi connectivity index (χ1) is 12.3. The Morgan fingerprint density at radius 1 is 1.27 bits per heavy atom. The lowest BCUT2D eigenvalue weighted by Crippen LogP contribution is -2.15. The number of ether oxygens (including phenoxy) is 1. The highest BCUT2D eigenvalue weighted by molar-refractivity contribution is 8.00. The van der Waals surface area contributed by atoms with Gasteiger partial charge in [-0.05, 0) is 31.2 Å². The number of nitrogens with two attached hydrogens (primary N) is 1. The van der Waals surface area contributed by atoms with Gasteiger partial charge in [-0.1, -0.05) is 11.8 Å². The Morgan fingerprint density at radius 2 is 1.92 bits per heavy atom. The highest BCUT2D eigenvalue weighted by Gasteiger charge is 2.20. The average molecular weight is 384 g/mol. The van der Waals surface area contributed by atoms with Crippen LogP contribution in [0.5, 0.6) is 5.75 Å². The quantitative estimate of drug-likeness (QED) is 0.525. The first kappa shape index (κ1) is 19.8. The van der Waals surface area contributed by atoms with Crippen molar-refractivity contribution >= 4 is 23.5 Å². The van der Waals surface area contributed by atoms with Crippen molar-refractivity contribution in [2.45, 2.75) is 36.8 Å². The van der Waals surface area contributed by atoms with Gasteiger partial charge in [0.15, 0.2) is 10.9 Å². The maximum Gasteiger partial charge on any atom is 0.387 e. The third-order valence-electron chi connectivity index (χ3n) is 3.54. The summed E-state index contributed by atoms with van der Waals surface area (Å²) >= 11 is 1.22. The average Bonchev–Trinajstić information content (AvgIpc) is 2.92. The van der Waals surface area contributed by atoms with Gasteiger partial charge < -0.3 is 15.0 Å². The van der Waals surface area contributed by atoms with Crippen molar-refractivity contribution in [1.29, 1.82) is 0 Å². The zero-order valence-electron chi connectivity index (χ0n) is 14.2. The van der Waals surface area contributed by atoms with Crippen molar-refractivity contribution in [1.82, 2.24) is 14.8 Å². The number of Topliss-reactive ketones (excluding diaryl/α,β-unsaturated/α-hetero) is 1. The maximum atomic E-state index is 12.5. The van der Waals surface area contributed by atoms with Gasteiger partial charge in [-0.3, -0.25) is 9.59 Å². The van der Waals surface area contributed by atoms with E-state index in [4.69, 9.17) is 5.73 Å². The van der Waals surface area contributed by atoms with Gasteiger partial charge in [0.1, 0.15) is 11.6 Å². The summed E-state index contributed by atoms with van der Waals surface area (Å²) in [5, 5.41) is 8.08. The Morgan fingerprint density at radius 3 is 2.50 bits per heavy atom. The summed E-state index contributed by atoms with van der Waals surface area (Å²) in [4.78, 5) is 23.3. The largest absolute Gasteiger partial charge is 0.435 e. The van der Waals surface area contributed by atoms with E-state index in [1.165, 1.54) is 36.0 Å². The minimum atomic E-state index is -2.91. The molecule has 0 fully saturated rings. The molecule has 10 heteroatoms. The Hall–Kier alpha value is -2.49. The predicted octanol–water partition coefficient (Wildman–Crippen LogP) is 2.20. The van der Waals surface area contributed by atoms with Crippen LogP contribution in [0.3, 0.4) is 0 Å². The number of rotatable bonds is 9. The molecule has 0 spiro atoms. The minimum Gasteiger partial charge on any atom is -0.435 e. The number of thioether (sulfide) groups is 1. The van der Waals surface area contributed by atoms with Crippen molar-refractivity contribution in [2.75, 3.05) is 0 Å². The van der Waals surface area contributed by atoms with Crippen molar-refractivity contribution in [2.24, 2.45) is 12.8 Å². The molecule has 0 saturated carbocycles. The fraction of sp³-hybridized carbons (Fsp3) is 0.375. The second kappa shape index (κ2) is 8.75. The van der Waals surface area contributed by atoms with Crippen molar-refractivity contribution in [3.63, 3.8) is 0 Å². The van der Waals surface area contributed by atoms with E-state index in [1.54, 1.807) is 18.5 Å². The SMILES string of the molecule is C[C@@H](Sc1nnc(CCC(N)=O)n1C)C(=O)c1ccc(OC(F)F)cc1. The van der Waals surface area contributed by atoms with Crippen molar-refractivity contribution < 1.29 is 23.1 Å². The van der Waals surface area contributed by atoms with Gasteiger partial charge in [0.2, 0.25) is 5.91 Å². The molecule has 2 N–H and O–H groups in total. The van der Waals surface area contributed by atoms with E-state index in [9.17, 15) is 18.4 Å². The number of hydrogen-bond acceptors (Lipinski definition) is 6. The molecule has 0 aliphatic carbocycles. The first-order valence-electron chi connectivity index (χ1n) is 7.70. The van der Waals surface area contributed by atoms with E-state index in [1.807, 2.05) is 0 Å². The zero-order chi connectivity index (χ0) is 19.3. The number of aryl methyl sites for hydroxylation is 1. The van der Waals surface area contributed by atoms with Gasteiger partial charge in [0.05, 0.1) is 5.25 Å². The molecule has 1 amide bonds. The predicted molar refractivity (Wildman–Crippen MR) is 91.2 cm³/mol. The van der Waals surface area contributed by atoms with E-state index in [-0.39, 0.29) is 18.0 Å². The summed E-state index contributed by atoms with van der Waals surface area (Å²) in [6.45, 7) is -1.19. The molecule has 0 saturated heterocycles. The molecule has 0 bridgehead atoms. The normalized spacial score (nSPS) is 12.2. The second-order valence-corrected chi connectivity index (χ2v) is 6.76. The van der Waals surface area contributed by atoms with Crippen LogP contribution in [0.15, 0.2) is 29.4 Å². The van der Waals surface area contributed by atoms with Crippen LogP contribution >= 0.6 is 11.8 Å². The van der Waals surface area contributed by atoms with Gasteiger partial charge in [0, 0.05) is 25.5 Å². The van der Waals surface area contributed by atoms with E-state index < -0.39 is 17.8 Å². The van der Waals surface area contributed by atoms with Crippen LogP contribution in [0.25, 0.3) is 0 Å². The molecule has 1 aromatic carbocycles.